The van der Waals surface area contributed by atoms with Gasteiger partial charge in [0.15, 0.2) is 5.13 Å². The molecule has 3 amide bonds. The van der Waals surface area contributed by atoms with E-state index in [-0.39, 0.29) is 24.2 Å². The SMILES string of the molecule is Cc1cccc(C(=O)NC(C(=O)Nc2nc(CC(N)=O)cs2)C(C)C)c1. The molecule has 0 aliphatic carbocycles. The number of nitrogens with one attached hydrogen (secondary N) is 2. The highest BCUT2D eigenvalue weighted by molar-refractivity contribution is 7.13. The number of aromatic nitrogens is 1. The number of amides is 3. The molecule has 7 nitrogen and oxygen atoms in total. The maximum absolute atomic E-state index is 12.6. The van der Waals surface area contributed by atoms with Crippen LogP contribution in [0.3, 0.4) is 0 Å². The molecule has 0 fully saturated rings. The Morgan fingerprint density at radius 1 is 1.27 bits per heavy atom. The zero-order valence-electron chi connectivity index (χ0n) is 14.9. The third-order valence-electron chi connectivity index (χ3n) is 3.65. The molecule has 0 saturated carbocycles. The van der Waals surface area contributed by atoms with Crippen LogP contribution in [0.4, 0.5) is 5.13 Å². The summed E-state index contributed by atoms with van der Waals surface area (Å²) in [6, 6.07) is 6.45. The normalized spacial score (nSPS) is 11.8. The van der Waals surface area contributed by atoms with Gasteiger partial charge in [0, 0.05) is 10.9 Å². The molecule has 0 radical (unpaired) electrons. The van der Waals surface area contributed by atoms with Crippen molar-refractivity contribution in [1.29, 1.82) is 0 Å². The van der Waals surface area contributed by atoms with Crippen LogP contribution in [-0.2, 0) is 16.0 Å². The minimum Gasteiger partial charge on any atom is -0.369 e. The summed E-state index contributed by atoms with van der Waals surface area (Å²) in [6.45, 7) is 5.60. The standard InChI is InChI=1S/C18H22N4O3S/c1-10(2)15(21-16(24)12-6-4-5-11(3)7-12)17(25)22-18-20-13(9-26-18)8-14(19)23/h4-7,9-10,15H,8H2,1-3H3,(H2,19,23)(H,21,24)(H,20,22,25). The molecule has 26 heavy (non-hydrogen) atoms. The van der Waals surface area contributed by atoms with Gasteiger partial charge in [0.1, 0.15) is 6.04 Å². The van der Waals surface area contributed by atoms with E-state index in [9.17, 15) is 14.4 Å². The number of carbonyl (C=O) groups excluding carboxylic acids is 3. The van der Waals surface area contributed by atoms with E-state index in [1.807, 2.05) is 26.8 Å². The van der Waals surface area contributed by atoms with E-state index >= 15 is 0 Å². The number of primary amides is 1. The average Bonchev–Trinajstić information content (AvgIpc) is 2.97. The van der Waals surface area contributed by atoms with E-state index in [2.05, 4.69) is 15.6 Å². The summed E-state index contributed by atoms with van der Waals surface area (Å²) in [5.41, 5.74) is 7.10. The molecule has 0 spiro atoms. The molecule has 1 atom stereocenters. The number of rotatable bonds is 7. The monoisotopic (exact) mass is 374 g/mol. The Labute approximate surface area is 156 Å². The average molecular weight is 374 g/mol. The van der Waals surface area contributed by atoms with Crippen molar-refractivity contribution in [3.63, 3.8) is 0 Å². The van der Waals surface area contributed by atoms with E-state index in [4.69, 9.17) is 5.73 Å². The maximum atomic E-state index is 12.6. The molecule has 4 N–H and O–H groups in total. The van der Waals surface area contributed by atoms with Gasteiger partial charge in [-0.1, -0.05) is 31.5 Å². The molecule has 0 bridgehead atoms. The largest absolute Gasteiger partial charge is 0.369 e. The molecule has 1 unspecified atom stereocenters. The molecule has 2 rings (SSSR count). The number of benzene rings is 1. The molecule has 0 saturated heterocycles. The third kappa shape index (κ3) is 5.38. The fraction of sp³-hybridized carbons (Fsp3) is 0.333. The van der Waals surface area contributed by atoms with Gasteiger partial charge >= 0.3 is 0 Å². The van der Waals surface area contributed by atoms with Gasteiger partial charge in [-0.25, -0.2) is 4.98 Å². The lowest BCUT2D eigenvalue weighted by Crippen LogP contribution is -2.47. The van der Waals surface area contributed by atoms with E-state index in [1.54, 1.807) is 23.6 Å². The highest BCUT2D eigenvalue weighted by atomic mass is 32.1. The molecule has 138 valence electrons. The minimum absolute atomic E-state index is 0.0179. The summed E-state index contributed by atoms with van der Waals surface area (Å²) in [4.78, 5) is 40.1. The van der Waals surface area contributed by atoms with E-state index < -0.39 is 11.9 Å². The van der Waals surface area contributed by atoms with Gasteiger partial charge in [-0.05, 0) is 25.0 Å². The van der Waals surface area contributed by atoms with Gasteiger partial charge in [-0.15, -0.1) is 11.3 Å². The summed E-state index contributed by atoms with van der Waals surface area (Å²) in [5, 5.41) is 7.48. The lowest BCUT2D eigenvalue weighted by Gasteiger charge is -2.21. The number of carbonyl (C=O) groups is 3. The first kappa shape index (κ1) is 19.6. The van der Waals surface area contributed by atoms with Crippen LogP contribution in [0, 0.1) is 12.8 Å². The molecule has 8 heteroatoms. The predicted octanol–water partition coefficient (Wildman–Crippen LogP) is 1.87. The molecule has 0 aliphatic rings. The fourth-order valence-electron chi connectivity index (χ4n) is 2.35. The van der Waals surface area contributed by atoms with Gasteiger partial charge in [0.25, 0.3) is 5.91 Å². The summed E-state index contributed by atoms with van der Waals surface area (Å²) in [6.07, 6.45) is 0.0179. The van der Waals surface area contributed by atoms with Crippen molar-refractivity contribution in [2.45, 2.75) is 33.2 Å². The zero-order chi connectivity index (χ0) is 19.3. The van der Waals surface area contributed by atoms with Crippen molar-refractivity contribution in [3.05, 3.63) is 46.5 Å². The lowest BCUT2D eigenvalue weighted by atomic mass is 10.0. The predicted molar refractivity (Wildman–Crippen MR) is 101 cm³/mol. The van der Waals surface area contributed by atoms with Crippen molar-refractivity contribution in [2.75, 3.05) is 5.32 Å². The smallest absolute Gasteiger partial charge is 0.251 e. The number of hydrogen-bond acceptors (Lipinski definition) is 5. The van der Waals surface area contributed by atoms with Gasteiger partial charge in [-0.2, -0.15) is 0 Å². The molecule has 2 aromatic rings. The van der Waals surface area contributed by atoms with Crippen LogP contribution in [-0.4, -0.2) is 28.7 Å². The van der Waals surface area contributed by atoms with Gasteiger partial charge in [0.2, 0.25) is 11.8 Å². The van der Waals surface area contributed by atoms with Crippen molar-refractivity contribution >= 4 is 34.2 Å². The highest BCUT2D eigenvalue weighted by Gasteiger charge is 2.25. The van der Waals surface area contributed by atoms with Crippen molar-refractivity contribution in [2.24, 2.45) is 11.7 Å². The van der Waals surface area contributed by atoms with Crippen LogP contribution in [0.25, 0.3) is 0 Å². The number of nitrogens with two attached hydrogens (primary N) is 1. The molecule has 1 aromatic heterocycles. The minimum atomic E-state index is -0.716. The molecular weight excluding hydrogens is 352 g/mol. The Kier molecular flexibility index (Phi) is 6.46. The fourth-order valence-corrected chi connectivity index (χ4v) is 3.07. The second kappa shape index (κ2) is 8.57. The first-order valence-electron chi connectivity index (χ1n) is 8.17. The molecule has 0 aliphatic heterocycles. The number of nitrogens with zero attached hydrogens (tertiary/aromatic N) is 1. The topological polar surface area (TPSA) is 114 Å². The summed E-state index contributed by atoms with van der Waals surface area (Å²) in [7, 11) is 0. The van der Waals surface area contributed by atoms with E-state index in [1.165, 1.54) is 11.3 Å². The van der Waals surface area contributed by atoms with Crippen molar-refractivity contribution in [3.8, 4) is 0 Å². The van der Waals surface area contributed by atoms with Crippen molar-refractivity contribution in [1.82, 2.24) is 10.3 Å². The first-order valence-corrected chi connectivity index (χ1v) is 9.05. The molecule has 1 aromatic carbocycles. The Hall–Kier alpha value is -2.74. The Morgan fingerprint density at radius 3 is 2.62 bits per heavy atom. The van der Waals surface area contributed by atoms with Crippen LogP contribution in [0.1, 0.15) is 35.5 Å². The van der Waals surface area contributed by atoms with Gasteiger partial charge in [0.05, 0.1) is 12.1 Å². The van der Waals surface area contributed by atoms with Crippen LogP contribution in [0.5, 0.6) is 0 Å². The number of anilines is 1. The number of aryl methyl sites for hydroxylation is 1. The van der Waals surface area contributed by atoms with Crippen molar-refractivity contribution < 1.29 is 14.4 Å². The quantitative estimate of drug-likeness (QED) is 0.686. The Morgan fingerprint density at radius 2 is 2.00 bits per heavy atom. The number of thiazole rings is 1. The summed E-state index contributed by atoms with van der Waals surface area (Å²) < 4.78 is 0. The Balaban J connectivity index is 2.06. The van der Waals surface area contributed by atoms with Crippen LogP contribution < -0.4 is 16.4 Å². The van der Waals surface area contributed by atoms with Crippen LogP contribution >= 0.6 is 11.3 Å². The second-order valence-corrected chi connectivity index (χ2v) is 7.20. The lowest BCUT2D eigenvalue weighted by molar-refractivity contribution is -0.119. The zero-order valence-corrected chi connectivity index (χ0v) is 15.7. The summed E-state index contributed by atoms with van der Waals surface area (Å²) >= 11 is 1.20. The van der Waals surface area contributed by atoms with E-state index in [0.29, 0.717) is 16.4 Å². The van der Waals surface area contributed by atoms with Gasteiger partial charge < -0.3 is 16.4 Å². The third-order valence-corrected chi connectivity index (χ3v) is 4.46. The molecule has 1 heterocycles. The first-order chi connectivity index (χ1) is 12.3. The summed E-state index contributed by atoms with van der Waals surface area (Å²) in [5.74, 6) is -1.27. The van der Waals surface area contributed by atoms with Crippen LogP contribution in [0.2, 0.25) is 0 Å². The highest BCUT2D eigenvalue weighted by Crippen LogP contribution is 2.17. The second-order valence-electron chi connectivity index (χ2n) is 6.34. The maximum Gasteiger partial charge on any atom is 0.251 e. The van der Waals surface area contributed by atoms with Crippen LogP contribution in [0.15, 0.2) is 29.6 Å². The Bertz CT molecular complexity index is 816. The molecular formula is C18H22N4O3S. The number of hydrogen-bond donors (Lipinski definition) is 3. The van der Waals surface area contributed by atoms with E-state index in [0.717, 1.165) is 5.56 Å². The van der Waals surface area contributed by atoms with Gasteiger partial charge in [-0.3, -0.25) is 14.4 Å².